The summed E-state index contributed by atoms with van der Waals surface area (Å²) >= 11 is 0. The molecule has 0 aromatic carbocycles. The molecule has 0 saturated carbocycles. The number of β-amino-alcohol motifs (C(OH)–C–C–N with tert-alkyl or cyclic N) is 2. The molecule has 4 unspecified atom stereocenters. The summed E-state index contributed by atoms with van der Waals surface area (Å²) in [6.45, 7) is 0.350. The molecule has 0 radical (unpaired) electrons. The zero-order chi connectivity index (χ0) is 15.1. The number of carbonyl (C=O) groups excluding carboxylic acids is 1. The van der Waals surface area contributed by atoms with Crippen LogP contribution in [0.5, 0.6) is 0 Å². The predicted octanol–water partition coefficient (Wildman–Crippen LogP) is -0.139. The quantitative estimate of drug-likeness (QED) is 0.659. The Morgan fingerprint density at radius 2 is 1.52 bits per heavy atom. The minimum Gasteiger partial charge on any atom is -0.481 e. The topological polar surface area (TPSA) is 101 Å². The maximum atomic E-state index is 12.6. The Morgan fingerprint density at radius 1 is 1.00 bits per heavy atom. The van der Waals surface area contributed by atoms with Crippen LogP contribution < -0.4 is 0 Å². The number of amides is 2. The monoisotopic (exact) mass is 298 g/mol. The normalized spacial score (nSPS) is 38.9. The van der Waals surface area contributed by atoms with Crippen molar-refractivity contribution in [3.8, 4) is 0 Å². The molecule has 118 valence electrons. The SMILES string of the molecule is O=C(O)CC1CC2CCC(C1)N2C(=O)N1CC(O)C(O)C1. The molecule has 3 rings (SSSR count). The van der Waals surface area contributed by atoms with Crippen LogP contribution in [-0.2, 0) is 4.79 Å². The van der Waals surface area contributed by atoms with Gasteiger partial charge in [0.15, 0.2) is 0 Å². The van der Waals surface area contributed by atoms with Gasteiger partial charge in [0.1, 0.15) is 0 Å². The van der Waals surface area contributed by atoms with Gasteiger partial charge in [-0.1, -0.05) is 0 Å². The minimum absolute atomic E-state index is 0.107. The largest absolute Gasteiger partial charge is 0.481 e. The van der Waals surface area contributed by atoms with Crippen LogP contribution in [0.25, 0.3) is 0 Å². The van der Waals surface area contributed by atoms with Gasteiger partial charge in [-0.15, -0.1) is 0 Å². The summed E-state index contributed by atoms with van der Waals surface area (Å²) in [5, 5.41) is 28.1. The second-order valence-corrected chi connectivity index (χ2v) is 6.55. The molecule has 21 heavy (non-hydrogen) atoms. The minimum atomic E-state index is -0.865. The van der Waals surface area contributed by atoms with E-state index in [0.717, 1.165) is 25.7 Å². The Hall–Kier alpha value is -1.34. The van der Waals surface area contributed by atoms with Gasteiger partial charge in [0, 0.05) is 18.5 Å². The van der Waals surface area contributed by atoms with Crippen LogP contribution in [0.1, 0.15) is 32.1 Å². The lowest BCUT2D eigenvalue weighted by Crippen LogP contribution is -2.52. The number of carbonyl (C=O) groups is 2. The molecular formula is C14H22N2O5. The van der Waals surface area contributed by atoms with Crippen LogP contribution >= 0.6 is 0 Å². The molecule has 0 aliphatic carbocycles. The van der Waals surface area contributed by atoms with Crippen LogP contribution in [-0.4, -0.2) is 74.5 Å². The van der Waals surface area contributed by atoms with E-state index in [1.807, 2.05) is 4.90 Å². The van der Waals surface area contributed by atoms with Crippen molar-refractivity contribution in [2.75, 3.05) is 13.1 Å². The van der Waals surface area contributed by atoms with Crippen LogP contribution in [0.4, 0.5) is 4.79 Å². The molecule has 0 aromatic rings. The number of carboxylic acids is 1. The highest BCUT2D eigenvalue weighted by Crippen LogP contribution is 2.40. The van der Waals surface area contributed by atoms with E-state index in [0.29, 0.717) is 0 Å². The Labute approximate surface area is 123 Å². The maximum absolute atomic E-state index is 12.6. The number of hydrogen-bond donors (Lipinski definition) is 3. The molecule has 2 amide bonds. The van der Waals surface area contributed by atoms with Crippen LogP contribution in [0.15, 0.2) is 0 Å². The molecule has 3 heterocycles. The van der Waals surface area contributed by atoms with Crippen molar-refractivity contribution in [3.05, 3.63) is 0 Å². The first kappa shape index (κ1) is 14.6. The number of likely N-dealkylation sites (tertiary alicyclic amines) is 1. The molecule has 4 atom stereocenters. The van der Waals surface area contributed by atoms with Crippen LogP contribution in [0.3, 0.4) is 0 Å². The predicted molar refractivity (Wildman–Crippen MR) is 72.6 cm³/mol. The van der Waals surface area contributed by atoms with E-state index in [1.165, 1.54) is 4.90 Å². The number of carboxylic acid groups (broad SMARTS) is 1. The molecule has 2 bridgehead atoms. The van der Waals surface area contributed by atoms with Crippen molar-refractivity contribution < 1.29 is 24.9 Å². The molecule has 3 N–H and O–H groups in total. The van der Waals surface area contributed by atoms with Gasteiger partial charge in [-0.2, -0.15) is 0 Å². The lowest BCUT2D eigenvalue weighted by molar-refractivity contribution is -0.138. The van der Waals surface area contributed by atoms with Crippen molar-refractivity contribution in [2.45, 2.75) is 56.4 Å². The molecule has 0 spiro atoms. The van der Waals surface area contributed by atoms with Gasteiger partial charge in [-0.05, 0) is 31.6 Å². The van der Waals surface area contributed by atoms with Crippen LogP contribution in [0, 0.1) is 5.92 Å². The van der Waals surface area contributed by atoms with Crippen molar-refractivity contribution in [2.24, 2.45) is 5.92 Å². The number of hydrogen-bond acceptors (Lipinski definition) is 4. The Balaban J connectivity index is 1.65. The number of nitrogens with zero attached hydrogens (tertiary/aromatic N) is 2. The molecule has 3 aliphatic heterocycles. The molecule has 7 nitrogen and oxygen atoms in total. The van der Waals surface area contributed by atoms with Gasteiger partial charge < -0.3 is 25.1 Å². The summed E-state index contributed by atoms with van der Waals surface area (Å²) in [4.78, 5) is 26.8. The molecule has 3 fully saturated rings. The Morgan fingerprint density at radius 3 is 2.00 bits per heavy atom. The zero-order valence-corrected chi connectivity index (χ0v) is 11.9. The van der Waals surface area contributed by atoms with E-state index in [2.05, 4.69) is 0 Å². The third kappa shape index (κ3) is 2.72. The number of aliphatic hydroxyl groups is 2. The van der Waals surface area contributed by atoms with E-state index in [4.69, 9.17) is 5.11 Å². The van der Waals surface area contributed by atoms with Crippen molar-refractivity contribution in [1.29, 1.82) is 0 Å². The zero-order valence-electron chi connectivity index (χ0n) is 11.9. The van der Waals surface area contributed by atoms with Gasteiger partial charge >= 0.3 is 12.0 Å². The fourth-order valence-electron chi connectivity index (χ4n) is 4.10. The van der Waals surface area contributed by atoms with Crippen molar-refractivity contribution >= 4 is 12.0 Å². The summed E-state index contributed by atoms with van der Waals surface area (Å²) in [6, 6.07) is 0.0952. The smallest absolute Gasteiger partial charge is 0.320 e. The van der Waals surface area contributed by atoms with Gasteiger partial charge in [0.2, 0.25) is 0 Å². The van der Waals surface area contributed by atoms with Crippen LogP contribution in [0.2, 0.25) is 0 Å². The first-order valence-electron chi connectivity index (χ1n) is 7.61. The van der Waals surface area contributed by atoms with Gasteiger partial charge in [0.25, 0.3) is 0 Å². The Kier molecular flexibility index (Phi) is 3.79. The highest BCUT2D eigenvalue weighted by Gasteiger charge is 2.46. The highest BCUT2D eigenvalue weighted by molar-refractivity contribution is 5.76. The summed E-state index contributed by atoms with van der Waals surface area (Å²) in [5.41, 5.74) is 0. The fourth-order valence-corrected chi connectivity index (χ4v) is 4.10. The fraction of sp³-hybridized carbons (Fsp3) is 0.857. The van der Waals surface area contributed by atoms with E-state index < -0.39 is 18.2 Å². The summed E-state index contributed by atoms with van der Waals surface area (Å²) in [7, 11) is 0. The lowest BCUT2D eigenvalue weighted by atomic mass is 9.88. The summed E-state index contributed by atoms with van der Waals surface area (Å²) in [5.74, 6) is -0.622. The third-order valence-electron chi connectivity index (χ3n) is 5.04. The van der Waals surface area contributed by atoms with Gasteiger partial charge in [0.05, 0.1) is 25.3 Å². The number of rotatable bonds is 2. The molecule has 7 heteroatoms. The highest BCUT2D eigenvalue weighted by atomic mass is 16.4. The number of piperidine rings is 1. The van der Waals surface area contributed by atoms with Gasteiger partial charge in [-0.25, -0.2) is 4.79 Å². The van der Waals surface area contributed by atoms with Crippen molar-refractivity contribution in [3.63, 3.8) is 0 Å². The summed E-state index contributed by atoms with van der Waals surface area (Å²) in [6.07, 6.45) is 1.78. The van der Waals surface area contributed by atoms with Gasteiger partial charge in [-0.3, -0.25) is 4.79 Å². The summed E-state index contributed by atoms with van der Waals surface area (Å²) < 4.78 is 0. The number of aliphatic carboxylic acids is 1. The van der Waals surface area contributed by atoms with E-state index >= 15 is 0 Å². The third-order valence-corrected chi connectivity index (χ3v) is 5.04. The first-order valence-corrected chi connectivity index (χ1v) is 7.61. The Bertz CT molecular complexity index is 419. The van der Waals surface area contributed by atoms with Crippen molar-refractivity contribution in [1.82, 2.24) is 9.80 Å². The molecule has 3 saturated heterocycles. The van der Waals surface area contributed by atoms with E-state index in [1.54, 1.807) is 0 Å². The first-order chi connectivity index (χ1) is 9.95. The number of urea groups is 1. The molecular weight excluding hydrogens is 276 g/mol. The molecule has 0 aromatic heterocycles. The number of aliphatic hydroxyl groups excluding tert-OH is 2. The average molecular weight is 298 g/mol. The molecule has 3 aliphatic rings. The lowest BCUT2D eigenvalue weighted by Gasteiger charge is -2.40. The second kappa shape index (κ2) is 5.46. The second-order valence-electron chi connectivity index (χ2n) is 6.55. The van der Waals surface area contributed by atoms with E-state index in [9.17, 15) is 19.8 Å². The standard InChI is InChI=1S/C14H22N2O5/c17-11-6-15(7-12(11)18)14(21)16-9-1-2-10(16)4-8(3-9)5-13(19)20/h8-12,17-18H,1-7H2,(H,19,20). The number of fused-ring (bicyclic) bond motifs is 2. The van der Waals surface area contributed by atoms with E-state index in [-0.39, 0.29) is 43.5 Å². The maximum Gasteiger partial charge on any atom is 0.320 e. The average Bonchev–Trinajstić information content (AvgIpc) is 2.87.